The Balaban J connectivity index is 2.39. The first-order chi connectivity index (χ1) is 9.30. The van der Waals surface area contributed by atoms with Crippen LogP contribution in [0.15, 0.2) is 36.4 Å². The van der Waals surface area contributed by atoms with Crippen LogP contribution in [0.2, 0.25) is 0 Å². The van der Waals surface area contributed by atoms with Crippen molar-refractivity contribution in [3.8, 4) is 0 Å². The zero-order chi connectivity index (χ0) is 14.9. The summed E-state index contributed by atoms with van der Waals surface area (Å²) >= 11 is 6.79. The van der Waals surface area contributed by atoms with Crippen molar-refractivity contribution in [3.63, 3.8) is 0 Å². The fourth-order valence-corrected chi connectivity index (χ4v) is 3.16. The molecule has 0 fully saturated rings. The molecule has 2 unspecified atom stereocenters. The summed E-state index contributed by atoms with van der Waals surface area (Å²) < 4.78 is 0. The van der Waals surface area contributed by atoms with E-state index in [9.17, 15) is 0 Å². The van der Waals surface area contributed by atoms with E-state index in [1.54, 1.807) is 0 Å². The van der Waals surface area contributed by atoms with Gasteiger partial charge in [0.2, 0.25) is 0 Å². The number of benzene rings is 2. The van der Waals surface area contributed by atoms with Crippen LogP contribution in [0.25, 0.3) is 10.8 Å². The molecule has 0 bridgehead atoms. The van der Waals surface area contributed by atoms with Gasteiger partial charge in [-0.15, -0.1) is 11.6 Å². The lowest BCUT2D eigenvalue weighted by atomic mass is 9.78. The van der Waals surface area contributed by atoms with E-state index in [1.165, 1.54) is 21.9 Å². The Morgan fingerprint density at radius 2 is 1.70 bits per heavy atom. The summed E-state index contributed by atoms with van der Waals surface area (Å²) in [5.74, 6) is 0.586. The summed E-state index contributed by atoms with van der Waals surface area (Å²) in [6.07, 6.45) is 1.01. The molecule has 0 nitrogen and oxygen atoms in total. The van der Waals surface area contributed by atoms with Crippen molar-refractivity contribution >= 4 is 22.4 Å². The van der Waals surface area contributed by atoms with E-state index in [4.69, 9.17) is 11.6 Å². The average Bonchev–Trinajstić information content (AvgIpc) is 2.37. The third-order valence-corrected chi connectivity index (χ3v) is 4.94. The fourth-order valence-electron chi connectivity index (χ4n) is 2.60. The lowest BCUT2D eigenvalue weighted by Crippen LogP contribution is -2.18. The normalized spacial score (nSPS) is 15.3. The Morgan fingerprint density at radius 3 is 2.35 bits per heavy atom. The number of halogens is 1. The maximum Gasteiger partial charge on any atom is 0.0596 e. The smallest absolute Gasteiger partial charge is 0.0596 e. The summed E-state index contributed by atoms with van der Waals surface area (Å²) in [5, 5.41) is 2.66. The highest BCUT2D eigenvalue weighted by atomic mass is 35.5. The van der Waals surface area contributed by atoms with Crippen LogP contribution in [0.5, 0.6) is 0 Å². The molecule has 0 saturated carbocycles. The topological polar surface area (TPSA) is 0 Å². The van der Waals surface area contributed by atoms with Crippen molar-refractivity contribution in [3.05, 3.63) is 47.5 Å². The Labute approximate surface area is 128 Å². The molecule has 2 aromatic rings. The number of hydrogen-bond acceptors (Lipinski definition) is 0. The van der Waals surface area contributed by atoms with E-state index in [2.05, 4.69) is 71.0 Å². The first-order valence-corrected chi connectivity index (χ1v) is 7.86. The van der Waals surface area contributed by atoms with Crippen LogP contribution < -0.4 is 0 Å². The van der Waals surface area contributed by atoms with Crippen molar-refractivity contribution < 1.29 is 0 Å². The maximum absolute atomic E-state index is 6.79. The molecule has 0 radical (unpaired) electrons. The van der Waals surface area contributed by atoms with Gasteiger partial charge in [0, 0.05) is 0 Å². The van der Waals surface area contributed by atoms with Gasteiger partial charge in [0.05, 0.1) is 5.38 Å². The van der Waals surface area contributed by atoms with Gasteiger partial charge in [-0.05, 0) is 46.6 Å². The zero-order valence-corrected chi connectivity index (χ0v) is 14.0. The molecule has 1 heteroatoms. The maximum atomic E-state index is 6.79. The molecule has 2 atom stereocenters. The van der Waals surface area contributed by atoms with E-state index in [0.717, 1.165) is 6.42 Å². The molecule has 2 aromatic carbocycles. The fraction of sp³-hybridized carbons (Fsp3) is 0.474. The van der Waals surface area contributed by atoms with Crippen molar-refractivity contribution in [2.24, 2.45) is 11.3 Å². The molecule has 20 heavy (non-hydrogen) atoms. The van der Waals surface area contributed by atoms with E-state index in [-0.39, 0.29) is 5.38 Å². The van der Waals surface area contributed by atoms with Crippen LogP contribution in [0.1, 0.15) is 50.6 Å². The Bertz CT molecular complexity index is 592. The second kappa shape index (κ2) is 5.77. The predicted molar refractivity (Wildman–Crippen MR) is 90.5 cm³/mol. The van der Waals surface area contributed by atoms with Gasteiger partial charge in [0.25, 0.3) is 0 Å². The summed E-state index contributed by atoms with van der Waals surface area (Å²) in [6.45, 7) is 11.3. The molecular weight excluding hydrogens is 264 g/mol. The minimum Gasteiger partial charge on any atom is -0.118 e. The van der Waals surface area contributed by atoms with Gasteiger partial charge < -0.3 is 0 Å². The number of alkyl halides is 1. The van der Waals surface area contributed by atoms with Crippen LogP contribution in [0.3, 0.4) is 0 Å². The monoisotopic (exact) mass is 288 g/mol. The van der Waals surface area contributed by atoms with Gasteiger partial charge in [-0.25, -0.2) is 0 Å². The van der Waals surface area contributed by atoms with Crippen LogP contribution in [0.4, 0.5) is 0 Å². The molecule has 0 N–H and O–H groups in total. The largest absolute Gasteiger partial charge is 0.118 e. The molecule has 0 spiro atoms. The first kappa shape index (κ1) is 15.4. The van der Waals surface area contributed by atoms with Gasteiger partial charge >= 0.3 is 0 Å². The Kier molecular flexibility index (Phi) is 4.44. The van der Waals surface area contributed by atoms with Crippen LogP contribution >= 0.6 is 11.6 Å². The van der Waals surface area contributed by atoms with Crippen LogP contribution in [0, 0.1) is 18.3 Å². The van der Waals surface area contributed by atoms with Gasteiger partial charge in [-0.1, -0.05) is 64.1 Å². The summed E-state index contributed by atoms with van der Waals surface area (Å²) in [4.78, 5) is 0. The molecule has 0 amide bonds. The Hall–Kier alpha value is -1.01. The minimum atomic E-state index is 0.0790. The van der Waals surface area contributed by atoms with Gasteiger partial charge in [0.1, 0.15) is 0 Å². The van der Waals surface area contributed by atoms with Crippen molar-refractivity contribution in [2.45, 2.75) is 46.4 Å². The summed E-state index contributed by atoms with van der Waals surface area (Å²) in [6, 6.07) is 12.9. The van der Waals surface area contributed by atoms with Crippen molar-refractivity contribution in [2.75, 3.05) is 0 Å². The second-order valence-electron chi connectivity index (χ2n) is 6.99. The number of rotatable bonds is 3. The van der Waals surface area contributed by atoms with E-state index in [0.29, 0.717) is 11.3 Å². The zero-order valence-electron chi connectivity index (χ0n) is 13.2. The van der Waals surface area contributed by atoms with E-state index < -0.39 is 0 Å². The predicted octanol–water partition coefficient (Wildman–Crippen LogP) is 6.50. The van der Waals surface area contributed by atoms with Crippen LogP contribution in [-0.4, -0.2) is 0 Å². The summed E-state index contributed by atoms with van der Waals surface area (Å²) in [5.41, 5.74) is 2.90. The van der Waals surface area contributed by atoms with Crippen molar-refractivity contribution in [1.82, 2.24) is 0 Å². The third-order valence-electron chi connectivity index (χ3n) is 4.54. The van der Waals surface area contributed by atoms with Gasteiger partial charge in [0.15, 0.2) is 0 Å². The molecule has 0 aliphatic heterocycles. The van der Waals surface area contributed by atoms with Gasteiger partial charge in [-0.2, -0.15) is 0 Å². The second-order valence-corrected chi connectivity index (χ2v) is 7.51. The number of fused-ring (bicyclic) bond motifs is 1. The van der Waals surface area contributed by atoms with E-state index in [1.807, 2.05) is 0 Å². The van der Waals surface area contributed by atoms with Crippen molar-refractivity contribution in [1.29, 1.82) is 0 Å². The molecule has 0 saturated heterocycles. The molecule has 108 valence electrons. The molecule has 0 heterocycles. The lowest BCUT2D eigenvalue weighted by Gasteiger charge is -2.29. The van der Waals surface area contributed by atoms with Gasteiger partial charge in [-0.3, -0.25) is 0 Å². The third kappa shape index (κ3) is 3.17. The highest BCUT2D eigenvalue weighted by Gasteiger charge is 2.24. The molecule has 2 rings (SSSR count). The molecule has 0 aromatic heterocycles. The number of aryl methyl sites for hydroxylation is 1. The minimum absolute atomic E-state index is 0.0790. The first-order valence-electron chi connectivity index (χ1n) is 7.43. The average molecular weight is 289 g/mol. The quantitative estimate of drug-likeness (QED) is 0.565. The number of hydrogen-bond donors (Lipinski definition) is 0. The van der Waals surface area contributed by atoms with Crippen LogP contribution in [-0.2, 0) is 0 Å². The Morgan fingerprint density at radius 1 is 1.05 bits per heavy atom. The molecule has 0 aliphatic rings. The molecular formula is C19H25Cl. The lowest BCUT2D eigenvalue weighted by molar-refractivity contribution is 0.245. The standard InChI is InChI=1S/C19H25Cl/c1-13-10-11-15-8-6-7-9-16(15)18(13)17(20)12-14(2)19(3,4)5/h6-11,14,17H,12H2,1-5H3. The highest BCUT2D eigenvalue weighted by Crippen LogP contribution is 2.39. The molecule has 0 aliphatic carbocycles. The van der Waals surface area contributed by atoms with E-state index >= 15 is 0 Å². The summed E-state index contributed by atoms with van der Waals surface area (Å²) in [7, 11) is 0. The SMILES string of the molecule is Cc1ccc2ccccc2c1C(Cl)CC(C)C(C)(C)C. The highest BCUT2D eigenvalue weighted by molar-refractivity contribution is 6.22.